The van der Waals surface area contributed by atoms with Gasteiger partial charge in [0, 0.05) is 32.6 Å². The standard InChI is InChI=1S/C12H20N2O2S/c15-10-13-3-5-14(6-4-13)12(16)9-11-1-7-17-8-2-11/h10-11H,1-9H2. The van der Waals surface area contributed by atoms with Gasteiger partial charge in [0.05, 0.1) is 0 Å². The van der Waals surface area contributed by atoms with Crippen molar-refractivity contribution in [3.05, 3.63) is 0 Å². The molecule has 4 nitrogen and oxygen atoms in total. The van der Waals surface area contributed by atoms with E-state index in [-0.39, 0.29) is 5.91 Å². The number of carbonyl (C=O) groups is 2. The van der Waals surface area contributed by atoms with Crippen molar-refractivity contribution < 1.29 is 9.59 Å². The van der Waals surface area contributed by atoms with Crippen LogP contribution < -0.4 is 0 Å². The summed E-state index contributed by atoms with van der Waals surface area (Å²) in [6.07, 6.45) is 3.96. The third-order valence-corrected chi connectivity index (χ3v) is 4.67. The Morgan fingerprint density at radius 2 is 1.82 bits per heavy atom. The number of hydrogen-bond acceptors (Lipinski definition) is 3. The molecule has 0 aromatic carbocycles. The number of thioether (sulfide) groups is 1. The first-order chi connectivity index (χ1) is 8.29. The lowest BCUT2D eigenvalue weighted by Crippen LogP contribution is -2.48. The van der Waals surface area contributed by atoms with E-state index < -0.39 is 0 Å². The maximum atomic E-state index is 12.1. The predicted octanol–water partition coefficient (Wildman–Crippen LogP) is 0.820. The van der Waals surface area contributed by atoms with Crippen molar-refractivity contribution >= 4 is 24.1 Å². The summed E-state index contributed by atoms with van der Waals surface area (Å²) < 4.78 is 0. The third-order valence-electron chi connectivity index (χ3n) is 3.62. The molecule has 2 rings (SSSR count). The molecule has 0 N–H and O–H groups in total. The van der Waals surface area contributed by atoms with Gasteiger partial charge in [0.1, 0.15) is 0 Å². The first-order valence-electron chi connectivity index (χ1n) is 6.34. The Balaban J connectivity index is 1.74. The first kappa shape index (κ1) is 12.7. The van der Waals surface area contributed by atoms with Gasteiger partial charge in [-0.25, -0.2) is 0 Å². The molecule has 2 heterocycles. The van der Waals surface area contributed by atoms with Crippen molar-refractivity contribution in [2.75, 3.05) is 37.7 Å². The van der Waals surface area contributed by atoms with E-state index in [9.17, 15) is 9.59 Å². The molecule has 0 atom stereocenters. The van der Waals surface area contributed by atoms with E-state index in [0.717, 1.165) is 6.41 Å². The fraction of sp³-hybridized carbons (Fsp3) is 0.833. The maximum absolute atomic E-state index is 12.1. The molecule has 5 heteroatoms. The molecule has 2 aliphatic rings. The highest BCUT2D eigenvalue weighted by molar-refractivity contribution is 7.99. The molecule has 0 radical (unpaired) electrons. The Bertz CT molecular complexity index is 272. The summed E-state index contributed by atoms with van der Waals surface area (Å²) in [5.41, 5.74) is 0. The highest BCUT2D eigenvalue weighted by Crippen LogP contribution is 2.25. The van der Waals surface area contributed by atoms with Gasteiger partial charge in [-0.3, -0.25) is 9.59 Å². The van der Waals surface area contributed by atoms with Crippen LogP contribution in [0.1, 0.15) is 19.3 Å². The van der Waals surface area contributed by atoms with Crippen LogP contribution in [0.5, 0.6) is 0 Å². The van der Waals surface area contributed by atoms with Gasteiger partial charge in [0.25, 0.3) is 0 Å². The van der Waals surface area contributed by atoms with Crippen LogP contribution in [-0.2, 0) is 9.59 Å². The number of hydrogen-bond donors (Lipinski definition) is 0. The van der Waals surface area contributed by atoms with Gasteiger partial charge in [-0.05, 0) is 30.3 Å². The summed E-state index contributed by atoms with van der Waals surface area (Å²) in [5, 5.41) is 0. The van der Waals surface area contributed by atoms with Gasteiger partial charge in [0.15, 0.2) is 0 Å². The van der Waals surface area contributed by atoms with E-state index in [2.05, 4.69) is 0 Å². The van der Waals surface area contributed by atoms with E-state index in [1.165, 1.54) is 24.3 Å². The molecular weight excluding hydrogens is 236 g/mol. The molecule has 0 unspecified atom stereocenters. The summed E-state index contributed by atoms with van der Waals surface area (Å²) >= 11 is 1.99. The normalized spacial score (nSPS) is 22.6. The highest BCUT2D eigenvalue weighted by atomic mass is 32.2. The van der Waals surface area contributed by atoms with Crippen LogP contribution in [0.4, 0.5) is 0 Å². The lowest BCUT2D eigenvalue weighted by molar-refractivity contribution is -0.136. The molecule has 17 heavy (non-hydrogen) atoms. The molecule has 2 amide bonds. The Morgan fingerprint density at radius 3 is 2.41 bits per heavy atom. The van der Waals surface area contributed by atoms with Crippen LogP contribution in [0, 0.1) is 5.92 Å². The summed E-state index contributed by atoms with van der Waals surface area (Å²) in [5.74, 6) is 3.29. The van der Waals surface area contributed by atoms with E-state index in [1.807, 2.05) is 16.7 Å². The topological polar surface area (TPSA) is 40.6 Å². The van der Waals surface area contributed by atoms with Crippen molar-refractivity contribution in [2.24, 2.45) is 5.92 Å². The van der Waals surface area contributed by atoms with E-state index in [4.69, 9.17) is 0 Å². The fourth-order valence-electron chi connectivity index (χ4n) is 2.40. The molecule has 2 fully saturated rings. The molecule has 2 aliphatic heterocycles. The second kappa shape index (κ2) is 6.28. The quantitative estimate of drug-likeness (QED) is 0.702. The van der Waals surface area contributed by atoms with E-state index >= 15 is 0 Å². The number of amides is 2. The summed E-state index contributed by atoms with van der Waals surface area (Å²) in [7, 11) is 0. The minimum absolute atomic E-state index is 0.285. The van der Waals surface area contributed by atoms with Crippen molar-refractivity contribution in [3.8, 4) is 0 Å². The minimum Gasteiger partial charge on any atom is -0.342 e. The van der Waals surface area contributed by atoms with Crippen molar-refractivity contribution in [3.63, 3.8) is 0 Å². The molecule has 0 aliphatic carbocycles. The molecule has 0 spiro atoms. The minimum atomic E-state index is 0.285. The molecule has 2 saturated heterocycles. The van der Waals surface area contributed by atoms with Crippen LogP contribution in [0.3, 0.4) is 0 Å². The zero-order valence-corrected chi connectivity index (χ0v) is 11.0. The smallest absolute Gasteiger partial charge is 0.222 e. The highest BCUT2D eigenvalue weighted by Gasteiger charge is 2.23. The lowest BCUT2D eigenvalue weighted by Gasteiger charge is -2.33. The number of carbonyl (C=O) groups excluding carboxylic acids is 2. The Hall–Kier alpha value is -0.710. The van der Waals surface area contributed by atoms with E-state index in [1.54, 1.807) is 4.90 Å². The molecular formula is C12H20N2O2S. The summed E-state index contributed by atoms with van der Waals surface area (Å²) in [6, 6.07) is 0. The lowest BCUT2D eigenvalue weighted by atomic mass is 9.98. The Kier molecular flexibility index (Phi) is 4.71. The van der Waals surface area contributed by atoms with Crippen LogP contribution in [0.15, 0.2) is 0 Å². The first-order valence-corrected chi connectivity index (χ1v) is 7.50. The monoisotopic (exact) mass is 256 g/mol. The Labute approximate surface area is 107 Å². The number of nitrogens with zero attached hydrogens (tertiary/aromatic N) is 2. The molecule has 96 valence electrons. The van der Waals surface area contributed by atoms with Crippen molar-refractivity contribution in [1.82, 2.24) is 9.80 Å². The average molecular weight is 256 g/mol. The molecule has 0 bridgehead atoms. The number of rotatable bonds is 3. The average Bonchev–Trinajstić information content (AvgIpc) is 2.40. The van der Waals surface area contributed by atoms with Gasteiger partial charge in [-0.1, -0.05) is 0 Å². The van der Waals surface area contributed by atoms with Crippen LogP contribution >= 0.6 is 11.8 Å². The molecule has 0 aromatic heterocycles. The third kappa shape index (κ3) is 3.63. The summed E-state index contributed by atoms with van der Waals surface area (Å²) in [4.78, 5) is 26.3. The predicted molar refractivity (Wildman–Crippen MR) is 68.9 cm³/mol. The van der Waals surface area contributed by atoms with Gasteiger partial charge in [-0.2, -0.15) is 11.8 Å². The second-order valence-corrected chi connectivity index (χ2v) is 6.01. The zero-order chi connectivity index (χ0) is 12.1. The SMILES string of the molecule is O=CN1CCN(C(=O)CC2CCSCC2)CC1. The summed E-state index contributed by atoms with van der Waals surface area (Å²) in [6.45, 7) is 2.80. The largest absolute Gasteiger partial charge is 0.342 e. The van der Waals surface area contributed by atoms with Crippen LogP contribution in [0.2, 0.25) is 0 Å². The second-order valence-electron chi connectivity index (χ2n) is 4.78. The molecule has 0 saturated carbocycles. The van der Waals surface area contributed by atoms with Crippen LogP contribution in [0.25, 0.3) is 0 Å². The van der Waals surface area contributed by atoms with Gasteiger partial charge in [0.2, 0.25) is 12.3 Å². The van der Waals surface area contributed by atoms with Crippen molar-refractivity contribution in [2.45, 2.75) is 19.3 Å². The van der Waals surface area contributed by atoms with Gasteiger partial charge < -0.3 is 9.80 Å². The Morgan fingerprint density at radius 1 is 1.18 bits per heavy atom. The van der Waals surface area contributed by atoms with Crippen LogP contribution in [-0.4, -0.2) is 59.8 Å². The van der Waals surface area contributed by atoms with E-state index in [0.29, 0.717) is 38.5 Å². The number of piperazine rings is 1. The maximum Gasteiger partial charge on any atom is 0.222 e. The fourth-order valence-corrected chi connectivity index (χ4v) is 3.61. The van der Waals surface area contributed by atoms with Gasteiger partial charge >= 0.3 is 0 Å². The zero-order valence-electron chi connectivity index (χ0n) is 10.1. The molecule has 0 aromatic rings. The van der Waals surface area contributed by atoms with Gasteiger partial charge in [-0.15, -0.1) is 0 Å². The van der Waals surface area contributed by atoms with Crippen molar-refractivity contribution in [1.29, 1.82) is 0 Å².